The maximum Gasteiger partial charge on any atom is 0.290 e. The Hall–Kier alpha value is -2.70. The lowest BCUT2D eigenvalue weighted by Crippen LogP contribution is -2.33. The Balaban J connectivity index is 1.81. The number of rotatable bonds is 7. The quantitative estimate of drug-likeness (QED) is 0.545. The summed E-state index contributed by atoms with van der Waals surface area (Å²) in [5.74, 6) is -0.133. The molecule has 162 valence electrons. The van der Waals surface area contributed by atoms with Gasteiger partial charge in [0.2, 0.25) is 5.76 Å². The zero-order valence-corrected chi connectivity index (χ0v) is 18.8. The standard InChI is InChI=1S/C24H26ClN3O3/c1-4-27(5-2)10-7-11-28-21(16-8-6-9-26-14-16)20-22(29)17-13-18(25)15(3)12-19(17)31-23(20)24(28)30/h6,8-9,12-14,21H,4-5,7,10-11H2,1-3H3. The third kappa shape index (κ3) is 3.86. The number of aromatic nitrogens is 1. The number of carbonyl (C=O) groups is 1. The minimum atomic E-state index is -0.520. The number of hydrogen-bond acceptors (Lipinski definition) is 5. The van der Waals surface area contributed by atoms with Crippen LogP contribution in [0.1, 0.15) is 53.6 Å². The summed E-state index contributed by atoms with van der Waals surface area (Å²) in [6.07, 6.45) is 4.18. The maximum absolute atomic E-state index is 13.5. The fourth-order valence-electron chi connectivity index (χ4n) is 4.26. The summed E-state index contributed by atoms with van der Waals surface area (Å²) in [7, 11) is 0. The Morgan fingerprint density at radius 3 is 2.68 bits per heavy atom. The molecule has 1 aliphatic heterocycles. The lowest BCUT2D eigenvalue weighted by atomic mass is 9.99. The number of halogens is 1. The van der Waals surface area contributed by atoms with Crippen LogP contribution in [0.25, 0.3) is 11.0 Å². The van der Waals surface area contributed by atoms with E-state index < -0.39 is 6.04 Å². The second-order valence-corrected chi connectivity index (χ2v) is 8.25. The summed E-state index contributed by atoms with van der Waals surface area (Å²) < 4.78 is 6.00. The Labute approximate surface area is 186 Å². The zero-order chi connectivity index (χ0) is 22.1. The Bertz CT molecular complexity index is 1170. The maximum atomic E-state index is 13.5. The number of hydrogen-bond donors (Lipinski definition) is 0. The molecule has 0 radical (unpaired) electrons. The third-order valence-corrected chi connectivity index (χ3v) is 6.42. The van der Waals surface area contributed by atoms with Crippen molar-refractivity contribution in [2.24, 2.45) is 0 Å². The Morgan fingerprint density at radius 2 is 2.00 bits per heavy atom. The summed E-state index contributed by atoms with van der Waals surface area (Å²) in [6, 6.07) is 6.53. The third-order valence-electron chi connectivity index (χ3n) is 6.01. The molecule has 1 unspecified atom stereocenters. The van der Waals surface area contributed by atoms with Gasteiger partial charge in [-0.3, -0.25) is 14.6 Å². The predicted molar refractivity (Wildman–Crippen MR) is 122 cm³/mol. The molecule has 1 atom stereocenters. The summed E-state index contributed by atoms with van der Waals surface area (Å²) >= 11 is 6.27. The molecule has 1 aliphatic rings. The second-order valence-electron chi connectivity index (χ2n) is 7.84. The van der Waals surface area contributed by atoms with Crippen molar-refractivity contribution in [1.82, 2.24) is 14.8 Å². The van der Waals surface area contributed by atoms with Crippen LogP contribution in [0, 0.1) is 6.92 Å². The van der Waals surface area contributed by atoms with E-state index in [4.69, 9.17) is 16.0 Å². The predicted octanol–water partition coefficient (Wildman–Crippen LogP) is 4.43. The van der Waals surface area contributed by atoms with Gasteiger partial charge < -0.3 is 14.2 Å². The van der Waals surface area contributed by atoms with E-state index in [-0.39, 0.29) is 17.1 Å². The van der Waals surface area contributed by atoms with Crippen LogP contribution in [0.3, 0.4) is 0 Å². The average Bonchev–Trinajstić information content (AvgIpc) is 3.05. The van der Waals surface area contributed by atoms with Crippen LogP contribution in [-0.2, 0) is 0 Å². The normalized spacial score (nSPS) is 15.8. The van der Waals surface area contributed by atoms with Gasteiger partial charge in [0.1, 0.15) is 5.58 Å². The molecule has 6 nitrogen and oxygen atoms in total. The molecule has 0 spiro atoms. The van der Waals surface area contributed by atoms with Gasteiger partial charge in [-0.15, -0.1) is 0 Å². The molecular formula is C24H26ClN3O3. The Morgan fingerprint density at radius 1 is 1.23 bits per heavy atom. The molecule has 0 aliphatic carbocycles. The topological polar surface area (TPSA) is 66.7 Å². The number of pyridine rings is 1. The number of nitrogens with zero attached hydrogens (tertiary/aromatic N) is 3. The molecule has 31 heavy (non-hydrogen) atoms. The van der Waals surface area contributed by atoms with Crippen molar-refractivity contribution >= 4 is 28.5 Å². The highest BCUT2D eigenvalue weighted by Gasteiger charge is 2.42. The molecule has 1 aromatic carbocycles. The minimum absolute atomic E-state index is 0.121. The van der Waals surface area contributed by atoms with Gasteiger partial charge in [0.15, 0.2) is 5.43 Å². The van der Waals surface area contributed by atoms with Crippen molar-refractivity contribution < 1.29 is 9.21 Å². The molecular weight excluding hydrogens is 414 g/mol. The van der Waals surface area contributed by atoms with Gasteiger partial charge >= 0.3 is 0 Å². The van der Waals surface area contributed by atoms with E-state index in [9.17, 15) is 9.59 Å². The lowest BCUT2D eigenvalue weighted by Gasteiger charge is -2.26. The van der Waals surface area contributed by atoms with Gasteiger partial charge in [-0.1, -0.05) is 31.5 Å². The van der Waals surface area contributed by atoms with Gasteiger partial charge in [0.05, 0.1) is 17.0 Å². The first kappa shape index (κ1) is 21.5. The van der Waals surface area contributed by atoms with E-state index in [1.165, 1.54) is 0 Å². The van der Waals surface area contributed by atoms with E-state index in [0.29, 0.717) is 28.1 Å². The van der Waals surface area contributed by atoms with Crippen molar-refractivity contribution in [3.63, 3.8) is 0 Å². The van der Waals surface area contributed by atoms with Crippen molar-refractivity contribution in [1.29, 1.82) is 0 Å². The molecule has 0 bridgehead atoms. The molecule has 0 fully saturated rings. The van der Waals surface area contributed by atoms with Crippen LogP contribution in [-0.4, -0.2) is 46.9 Å². The van der Waals surface area contributed by atoms with Gasteiger partial charge in [-0.05, 0) is 62.3 Å². The Kier molecular flexibility index (Phi) is 6.12. The number of amides is 1. The minimum Gasteiger partial charge on any atom is -0.450 e. The zero-order valence-electron chi connectivity index (χ0n) is 18.0. The highest BCUT2D eigenvalue weighted by Crippen LogP contribution is 2.38. The monoisotopic (exact) mass is 439 g/mol. The van der Waals surface area contributed by atoms with Crippen LogP contribution in [0.2, 0.25) is 5.02 Å². The fraction of sp³-hybridized carbons (Fsp3) is 0.375. The highest BCUT2D eigenvalue weighted by molar-refractivity contribution is 6.32. The van der Waals surface area contributed by atoms with Crippen molar-refractivity contribution in [3.8, 4) is 0 Å². The molecule has 3 aromatic rings. The molecule has 4 rings (SSSR count). The summed E-state index contributed by atoms with van der Waals surface area (Å²) in [5, 5.41) is 0.888. The fourth-order valence-corrected chi connectivity index (χ4v) is 4.42. The molecule has 1 amide bonds. The van der Waals surface area contributed by atoms with Gasteiger partial charge in [-0.25, -0.2) is 0 Å². The van der Waals surface area contributed by atoms with Gasteiger partial charge in [-0.2, -0.15) is 0 Å². The van der Waals surface area contributed by atoms with Crippen molar-refractivity contribution in [2.75, 3.05) is 26.2 Å². The smallest absolute Gasteiger partial charge is 0.290 e. The number of carbonyl (C=O) groups excluding carboxylic acids is 1. The highest BCUT2D eigenvalue weighted by atomic mass is 35.5. The van der Waals surface area contributed by atoms with Crippen LogP contribution in [0.15, 0.2) is 45.9 Å². The van der Waals surface area contributed by atoms with E-state index in [2.05, 4.69) is 23.7 Å². The van der Waals surface area contributed by atoms with E-state index >= 15 is 0 Å². The summed E-state index contributed by atoms with van der Waals surface area (Å²) in [4.78, 5) is 35.2. The lowest BCUT2D eigenvalue weighted by molar-refractivity contribution is 0.0720. The first-order chi connectivity index (χ1) is 15.0. The first-order valence-electron chi connectivity index (χ1n) is 10.7. The van der Waals surface area contributed by atoms with Crippen LogP contribution < -0.4 is 5.43 Å². The van der Waals surface area contributed by atoms with Crippen LogP contribution in [0.5, 0.6) is 0 Å². The number of benzene rings is 1. The SMILES string of the molecule is CCN(CC)CCCN1C(=O)c2oc3cc(C)c(Cl)cc3c(=O)c2C1c1cccnc1. The van der Waals surface area contributed by atoms with E-state index in [1.807, 2.05) is 19.1 Å². The molecule has 0 N–H and O–H groups in total. The summed E-state index contributed by atoms with van der Waals surface area (Å²) in [5.41, 5.74) is 2.12. The van der Waals surface area contributed by atoms with Crippen molar-refractivity contribution in [2.45, 2.75) is 33.2 Å². The summed E-state index contributed by atoms with van der Waals surface area (Å²) in [6.45, 7) is 9.42. The van der Waals surface area contributed by atoms with Crippen LogP contribution >= 0.6 is 11.6 Å². The van der Waals surface area contributed by atoms with E-state index in [1.54, 1.807) is 29.4 Å². The molecule has 0 saturated carbocycles. The number of fused-ring (bicyclic) bond motifs is 2. The number of aryl methyl sites for hydroxylation is 1. The van der Waals surface area contributed by atoms with Crippen LogP contribution in [0.4, 0.5) is 0 Å². The van der Waals surface area contributed by atoms with E-state index in [0.717, 1.165) is 37.2 Å². The largest absolute Gasteiger partial charge is 0.450 e. The average molecular weight is 440 g/mol. The molecule has 7 heteroatoms. The first-order valence-corrected chi connectivity index (χ1v) is 11.0. The molecule has 2 aromatic heterocycles. The van der Waals surface area contributed by atoms with Crippen molar-refractivity contribution in [3.05, 3.63) is 74.4 Å². The molecule has 3 heterocycles. The molecule has 0 saturated heterocycles. The second kappa shape index (κ2) is 8.81. The van der Waals surface area contributed by atoms with Gasteiger partial charge in [0, 0.05) is 24.0 Å². The van der Waals surface area contributed by atoms with Gasteiger partial charge in [0.25, 0.3) is 5.91 Å².